The number of nitrogens with zero attached hydrogens (tertiary/aromatic N) is 2. The van der Waals surface area contributed by atoms with E-state index in [0.29, 0.717) is 16.1 Å². The van der Waals surface area contributed by atoms with Gasteiger partial charge in [-0.3, -0.25) is 14.6 Å². The van der Waals surface area contributed by atoms with E-state index in [1.807, 2.05) is 26.0 Å². The highest BCUT2D eigenvalue weighted by Crippen LogP contribution is 2.29. The van der Waals surface area contributed by atoms with Crippen molar-refractivity contribution in [2.24, 2.45) is 5.92 Å². The third-order valence-electron chi connectivity index (χ3n) is 4.84. The number of Topliss-reactive ketones (excluding diaryl/α,β-unsaturated/α-hetero) is 1. The summed E-state index contributed by atoms with van der Waals surface area (Å²) in [5.41, 5.74) is 0.967. The summed E-state index contributed by atoms with van der Waals surface area (Å²) < 4.78 is 0. The number of halogens is 2. The van der Waals surface area contributed by atoms with Crippen molar-refractivity contribution in [1.29, 1.82) is 0 Å². The summed E-state index contributed by atoms with van der Waals surface area (Å²) in [6.07, 6.45) is 0. The molecule has 3 nitrogen and oxygen atoms in total. The van der Waals surface area contributed by atoms with E-state index in [2.05, 4.69) is 23.6 Å². The van der Waals surface area contributed by atoms with Crippen molar-refractivity contribution in [2.75, 3.05) is 32.7 Å². The fraction of sp³-hybridized carbons (Fsp3) is 0.632. The fourth-order valence-electron chi connectivity index (χ4n) is 3.21. The first-order valence-corrected chi connectivity index (χ1v) is 9.50. The van der Waals surface area contributed by atoms with E-state index in [1.165, 1.54) is 0 Å². The van der Waals surface area contributed by atoms with Crippen LogP contribution in [0.4, 0.5) is 0 Å². The molecule has 1 saturated heterocycles. The number of benzene rings is 1. The Balaban J connectivity index is 2.13. The molecule has 2 rings (SSSR count). The van der Waals surface area contributed by atoms with E-state index in [-0.39, 0.29) is 17.6 Å². The largest absolute Gasteiger partial charge is 0.300 e. The molecule has 1 aliphatic rings. The van der Waals surface area contributed by atoms with E-state index < -0.39 is 0 Å². The van der Waals surface area contributed by atoms with Crippen LogP contribution in [0.15, 0.2) is 18.2 Å². The van der Waals surface area contributed by atoms with Crippen LogP contribution in [0.5, 0.6) is 0 Å². The Labute approximate surface area is 155 Å². The van der Waals surface area contributed by atoms with Gasteiger partial charge >= 0.3 is 0 Å². The molecule has 24 heavy (non-hydrogen) atoms. The van der Waals surface area contributed by atoms with Gasteiger partial charge in [-0.15, -0.1) is 0 Å². The zero-order valence-corrected chi connectivity index (χ0v) is 16.6. The maximum Gasteiger partial charge on any atom is 0.144 e. The molecule has 0 aromatic heterocycles. The fourth-order valence-corrected chi connectivity index (χ4v) is 3.52. The molecule has 5 heteroatoms. The van der Waals surface area contributed by atoms with Gasteiger partial charge in [0.1, 0.15) is 5.78 Å². The van der Waals surface area contributed by atoms with Crippen molar-refractivity contribution >= 4 is 29.0 Å². The van der Waals surface area contributed by atoms with Gasteiger partial charge < -0.3 is 0 Å². The van der Waals surface area contributed by atoms with E-state index in [4.69, 9.17) is 23.2 Å². The summed E-state index contributed by atoms with van der Waals surface area (Å²) in [6.45, 7) is 13.3. The number of rotatable bonds is 6. The first-order chi connectivity index (χ1) is 11.3. The molecule has 0 bridgehead atoms. The summed E-state index contributed by atoms with van der Waals surface area (Å²) >= 11 is 12.2. The van der Waals surface area contributed by atoms with Crippen LogP contribution < -0.4 is 0 Å². The van der Waals surface area contributed by atoms with Crippen molar-refractivity contribution in [3.8, 4) is 0 Å². The van der Waals surface area contributed by atoms with Gasteiger partial charge in [-0.1, -0.05) is 43.1 Å². The minimum Gasteiger partial charge on any atom is -0.300 e. The van der Waals surface area contributed by atoms with Crippen LogP contribution in [0.1, 0.15) is 39.2 Å². The van der Waals surface area contributed by atoms with Crippen LogP contribution in [0.3, 0.4) is 0 Å². The van der Waals surface area contributed by atoms with Crippen LogP contribution in [-0.4, -0.2) is 54.3 Å². The zero-order chi connectivity index (χ0) is 17.9. The SMILES string of the molecule is CC(C)C(=O)[C@H](CN1CCN(C(C)C)CC1)c1ccc(Cl)c(Cl)c1. The highest BCUT2D eigenvalue weighted by molar-refractivity contribution is 6.42. The van der Waals surface area contributed by atoms with Gasteiger partial charge in [-0.2, -0.15) is 0 Å². The van der Waals surface area contributed by atoms with E-state index in [1.54, 1.807) is 6.07 Å². The Morgan fingerprint density at radius 1 is 1.04 bits per heavy atom. The number of ketones is 1. The lowest BCUT2D eigenvalue weighted by Gasteiger charge is -2.38. The van der Waals surface area contributed by atoms with Crippen molar-refractivity contribution in [3.63, 3.8) is 0 Å². The normalized spacial score (nSPS) is 18.3. The molecule has 1 aliphatic heterocycles. The minimum absolute atomic E-state index is 0.00130. The van der Waals surface area contributed by atoms with Crippen molar-refractivity contribution in [1.82, 2.24) is 9.80 Å². The molecular formula is C19H28Cl2N2O. The molecule has 1 aromatic rings. The van der Waals surface area contributed by atoms with Crippen LogP contribution in [0, 0.1) is 5.92 Å². The Morgan fingerprint density at radius 2 is 1.67 bits per heavy atom. The molecule has 1 aromatic carbocycles. The Bertz CT molecular complexity index is 566. The summed E-state index contributed by atoms with van der Waals surface area (Å²) in [7, 11) is 0. The molecule has 0 saturated carbocycles. The van der Waals surface area contributed by atoms with E-state index in [0.717, 1.165) is 38.3 Å². The second-order valence-electron chi connectivity index (χ2n) is 7.21. The average Bonchev–Trinajstić information content (AvgIpc) is 2.55. The smallest absolute Gasteiger partial charge is 0.144 e. The van der Waals surface area contributed by atoms with Gasteiger partial charge in [-0.25, -0.2) is 0 Å². The third kappa shape index (κ3) is 4.95. The highest BCUT2D eigenvalue weighted by atomic mass is 35.5. The number of hydrogen-bond donors (Lipinski definition) is 0. The van der Waals surface area contributed by atoms with Crippen molar-refractivity contribution in [3.05, 3.63) is 33.8 Å². The van der Waals surface area contributed by atoms with Crippen molar-refractivity contribution < 1.29 is 4.79 Å². The lowest BCUT2D eigenvalue weighted by atomic mass is 9.88. The quantitative estimate of drug-likeness (QED) is 0.744. The zero-order valence-electron chi connectivity index (χ0n) is 15.1. The third-order valence-corrected chi connectivity index (χ3v) is 5.58. The highest BCUT2D eigenvalue weighted by Gasteiger charge is 2.28. The summed E-state index contributed by atoms with van der Waals surface area (Å²) in [6, 6.07) is 6.15. The molecule has 0 radical (unpaired) electrons. The minimum atomic E-state index is -0.148. The van der Waals surface area contributed by atoms with Crippen LogP contribution in [0.2, 0.25) is 10.0 Å². The van der Waals surface area contributed by atoms with Gasteiger partial charge in [0.25, 0.3) is 0 Å². The van der Waals surface area contributed by atoms with E-state index in [9.17, 15) is 4.79 Å². The van der Waals surface area contributed by atoms with Gasteiger partial charge in [0, 0.05) is 44.7 Å². The molecular weight excluding hydrogens is 343 g/mol. The molecule has 1 heterocycles. The summed E-state index contributed by atoms with van der Waals surface area (Å²) in [5, 5.41) is 1.04. The first-order valence-electron chi connectivity index (χ1n) is 8.74. The number of carbonyl (C=O) groups excluding carboxylic acids is 1. The van der Waals surface area contributed by atoms with Gasteiger partial charge in [0.05, 0.1) is 16.0 Å². The maximum atomic E-state index is 12.8. The van der Waals surface area contributed by atoms with Crippen LogP contribution >= 0.6 is 23.2 Å². The molecule has 0 N–H and O–H groups in total. The predicted molar refractivity (Wildman–Crippen MR) is 102 cm³/mol. The second kappa shape index (κ2) is 8.66. The molecule has 1 atom stereocenters. The predicted octanol–water partition coefficient (Wildman–Crippen LogP) is 4.33. The van der Waals surface area contributed by atoms with Gasteiger partial charge in [0.15, 0.2) is 0 Å². The molecule has 0 amide bonds. The van der Waals surface area contributed by atoms with E-state index >= 15 is 0 Å². The van der Waals surface area contributed by atoms with Crippen molar-refractivity contribution in [2.45, 2.75) is 39.7 Å². The van der Waals surface area contributed by atoms with Gasteiger partial charge in [-0.05, 0) is 31.5 Å². The standard InChI is InChI=1S/C19H28Cl2N2O/c1-13(2)19(24)16(15-5-6-17(20)18(21)11-15)12-22-7-9-23(10-8-22)14(3)4/h5-6,11,13-14,16H,7-10,12H2,1-4H3/t16-/m1/s1. The Morgan fingerprint density at radius 3 is 2.17 bits per heavy atom. The number of hydrogen-bond acceptors (Lipinski definition) is 3. The number of piperazine rings is 1. The Kier molecular flexibility index (Phi) is 7.11. The topological polar surface area (TPSA) is 23.6 Å². The summed E-state index contributed by atoms with van der Waals surface area (Å²) in [5.74, 6) is 0.117. The Hall–Kier alpha value is -0.610. The molecule has 0 aliphatic carbocycles. The lowest BCUT2D eigenvalue weighted by Crippen LogP contribution is -2.50. The molecule has 1 fully saturated rings. The lowest BCUT2D eigenvalue weighted by molar-refractivity contribution is -0.124. The second-order valence-corrected chi connectivity index (χ2v) is 8.03. The maximum absolute atomic E-state index is 12.8. The van der Waals surface area contributed by atoms with Crippen LogP contribution in [0.25, 0.3) is 0 Å². The van der Waals surface area contributed by atoms with Gasteiger partial charge in [0.2, 0.25) is 0 Å². The average molecular weight is 371 g/mol. The van der Waals surface area contributed by atoms with Crippen LogP contribution in [-0.2, 0) is 4.79 Å². The molecule has 0 unspecified atom stereocenters. The molecule has 134 valence electrons. The molecule has 0 spiro atoms. The monoisotopic (exact) mass is 370 g/mol. The number of carbonyl (C=O) groups is 1. The first kappa shape index (κ1) is 19.7. The summed E-state index contributed by atoms with van der Waals surface area (Å²) in [4.78, 5) is 17.6.